The van der Waals surface area contributed by atoms with E-state index in [9.17, 15) is 0 Å². The third-order valence-corrected chi connectivity index (χ3v) is 3.22. The fourth-order valence-corrected chi connectivity index (χ4v) is 2.46. The van der Waals surface area contributed by atoms with Crippen LogP contribution in [0, 0.1) is 0 Å². The first kappa shape index (κ1) is 7.56. The molecule has 0 aromatic carbocycles. The van der Waals surface area contributed by atoms with Crippen LogP contribution in [0.2, 0.25) is 0 Å². The second kappa shape index (κ2) is 2.76. The molecule has 2 aliphatic rings. The zero-order valence-corrected chi connectivity index (χ0v) is 7.10. The van der Waals surface area contributed by atoms with Gasteiger partial charge in [0, 0.05) is 25.2 Å². The fraction of sp³-hybridized carbons (Fsp3) is 1.00. The van der Waals surface area contributed by atoms with Crippen molar-refractivity contribution in [2.45, 2.75) is 37.6 Å². The molecular formula is C9H17N2. The van der Waals surface area contributed by atoms with Crippen molar-refractivity contribution in [3.8, 4) is 0 Å². The Morgan fingerprint density at radius 3 is 2.55 bits per heavy atom. The molecule has 1 radical (unpaired) electrons. The molecule has 1 heterocycles. The van der Waals surface area contributed by atoms with Crippen molar-refractivity contribution in [3.05, 3.63) is 0 Å². The zero-order chi connectivity index (χ0) is 7.73. The normalized spacial score (nSPS) is 34.1. The topological polar surface area (TPSA) is 26.8 Å². The lowest BCUT2D eigenvalue weighted by Gasteiger charge is -2.22. The largest absolute Gasteiger partial charge is 0.293 e. The second-order valence-corrected chi connectivity index (χ2v) is 3.96. The Labute approximate surface area is 68.7 Å². The molecule has 0 bridgehead atoms. The number of nitrogens with one attached hydrogen (secondary N) is 1. The standard InChI is InChI=1S/C9H17N2/c10-6-7-11-8-9(11)4-2-1-3-5-9/h10H,1-8H2. The van der Waals surface area contributed by atoms with Gasteiger partial charge in [0.2, 0.25) is 0 Å². The number of hydrogen-bond donors (Lipinski definition) is 0. The smallest absolute Gasteiger partial charge is 0.0338 e. The molecule has 1 spiro atoms. The summed E-state index contributed by atoms with van der Waals surface area (Å²) >= 11 is 0. The van der Waals surface area contributed by atoms with E-state index in [1.807, 2.05) is 0 Å². The van der Waals surface area contributed by atoms with E-state index in [4.69, 9.17) is 5.73 Å². The van der Waals surface area contributed by atoms with Gasteiger partial charge in [-0.25, -0.2) is 0 Å². The van der Waals surface area contributed by atoms with Crippen LogP contribution >= 0.6 is 0 Å². The van der Waals surface area contributed by atoms with Gasteiger partial charge < -0.3 is 0 Å². The van der Waals surface area contributed by atoms with Gasteiger partial charge in [0.1, 0.15) is 0 Å². The lowest BCUT2D eigenvalue weighted by atomic mass is 9.89. The summed E-state index contributed by atoms with van der Waals surface area (Å²) in [6, 6.07) is 0. The first-order valence-electron chi connectivity index (χ1n) is 4.77. The Morgan fingerprint density at radius 1 is 1.18 bits per heavy atom. The highest BCUT2D eigenvalue weighted by Gasteiger charge is 2.50. The highest BCUT2D eigenvalue weighted by atomic mass is 15.4. The molecule has 2 rings (SSSR count). The minimum absolute atomic E-state index is 0.585. The van der Waals surface area contributed by atoms with Crippen molar-refractivity contribution >= 4 is 0 Å². The average Bonchev–Trinajstić information content (AvgIpc) is 2.66. The van der Waals surface area contributed by atoms with Gasteiger partial charge >= 0.3 is 0 Å². The first-order chi connectivity index (χ1) is 5.37. The molecule has 1 aliphatic heterocycles. The molecule has 2 fully saturated rings. The minimum Gasteiger partial charge on any atom is -0.293 e. The van der Waals surface area contributed by atoms with Crippen molar-refractivity contribution in [2.75, 3.05) is 19.6 Å². The van der Waals surface area contributed by atoms with Crippen molar-refractivity contribution < 1.29 is 0 Å². The van der Waals surface area contributed by atoms with Crippen molar-refractivity contribution in [2.24, 2.45) is 0 Å². The quantitative estimate of drug-likeness (QED) is 0.549. The molecule has 1 unspecified atom stereocenters. The zero-order valence-electron chi connectivity index (χ0n) is 7.10. The van der Waals surface area contributed by atoms with Crippen LogP contribution in [0.4, 0.5) is 0 Å². The number of hydrogen-bond acceptors (Lipinski definition) is 1. The van der Waals surface area contributed by atoms with E-state index in [-0.39, 0.29) is 0 Å². The molecule has 0 amide bonds. The Morgan fingerprint density at radius 2 is 1.91 bits per heavy atom. The highest BCUT2D eigenvalue weighted by Crippen LogP contribution is 2.44. The van der Waals surface area contributed by atoms with Crippen LogP contribution in [0.3, 0.4) is 0 Å². The molecule has 0 aromatic heterocycles. The highest BCUT2D eigenvalue weighted by molar-refractivity contribution is 5.07. The maximum absolute atomic E-state index is 7.13. The average molecular weight is 153 g/mol. The van der Waals surface area contributed by atoms with E-state index in [1.165, 1.54) is 38.6 Å². The predicted octanol–water partition coefficient (Wildman–Crippen LogP) is 1.29. The van der Waals surface area contributed by atoms with Gasteiger partial charge in [0.25, 0.3) is 0 Å². The van der Waals surface area contributed by atoms with Crippen LogP contribution in [-0.2, 0) is 0 Å². The van der Waals surface area contributed by atoms with Gasteiger partial charge in [0.15, 0.2) is 0 Å². The van der Waals surface area contributed by atoms with Gasteiger partial charge in [-0.3, -0.25) is 10.6 Å². The molecule has 2 nitrogen and oxygen atoms in total. The summed E-state index contributed by atoms with van der Waals surface area (Å²) in [6.07, 6.45) is 7.11. The lowest BCUT2D eigenvalue weighted by molar-refractivity contribution is 0.314. The van der Waals surface area contributed by atoms with Gasteiger partial charge in [-0.15, -0.1) is 0 Å². The molecule has 1 saturated carbocycles. The molecule has 1 aliphatic carbocycles. The van der Waals surface area contributed by atoms with Crippen LogP contribution < -0.4 is 5.73 Å². The molecule has 63 valence electrons. The van der Waals surface area contributed by atoms with Crippen LogP contribution in [0.15, 0.2) is 0 Å². The Bertz CT molecular complexity index is 138. The first-order valence-corrected chi connectivity index (χ1v) is 4.77. The van der Waals surface area contributed by atoms with Crippen molar-refractivity contribution in [3.63, 3.8) is 0 Å². The molecule has 11 heavy (non-hydrogen) atoms. The third-order valence-electron chi connectivity index (χ3n) is 3.22. The van der Waals surface area contributed by atoms with Gasteiger partial charge in [-0.05, 0) is 12.8 Å². The van der Waals surface area contributed by atoms with E-state index in [0.29, 0.717) is 12.1 Å². The van der Waals surface area contributed by atoms with Crippen molar-refractivity contribution in [1.29, 1.82) is 0 Å². The Hall–Kier alpha value is -0.0800. The van der Waals surface area contributed by atoms with E-state index >= 15 is 0 Å². The summed E-state index contributed by atoms with van der Waals surface area (Å²) in [6.45, 7) is 2.90. The number of nitrogens with zero attached hydrogens (tertiary/aromatic N) is 1. The van der Waals surface area contributed by atoms with Crippen molar-refractivity contribution in [1.82, 2.24) is 10.6 Å². The predicted molar refractivity (Wildman–Crippen MR) is 45.4 cm³/mol. The maximum Gasteiger partial charge on any atom is 0.0338 e. The SMILES string of the molecule is [NH]CCN1CC12CCCCC2. The van der Waals surface area contributed by atoms with E-state index in [0.717, 1.165) is 6.54 Å². The van der Waals surface area contributed by atoms with Gasteiger partial charge in [0.05, 0.1) is 0 Å². The summed E-state index contributed by atoms with van der Waals surface area (Å²) in [5.74, 6) is 0. The summed E-state index contributed by atoms with van der Waals surface area (Å²) < 4.78 is 0. The second-order valence-electron chi connectivity index (χ2n) is 3.96. The molecular weight excluding hydrogens is 136 g/mol. The third kappa shape index (κ3) is 1.30. The molecule has 0 aromatic rings. The molecule has 2 heteroatoms. The number of rotatable bonds is 2. The fourth-order valence-electron chi connectivity index (χ4n) is 2.46. The monoisotopic (exact) mass is 153 g/mol. The molecule has 1 N–H and O–H groups in total. The Balaban J connectivity index is 1.84. The summed E-state index contributed by atoms with van der Waals surface area (Å²) in [5, 5.41) is 0. The van der Waals surface area contributed by atoms with Gasteiger partial charge in [-0.2, -0.15) is 0 Å². The van der Waals surface area contributed by atoms with Gasteiger partial charge in [-0.1, -0.05) is 19.3 Å². The summed E-state index contributed by atoms with van der Waals surface area (Å²) in [5.41, 5.74) is 7.74. The summed E-state index contributed by atoms with van der Waals surface area (Å²) in [4.78, 5) is 2.50. The summed E-state index contributed by atoms with van der Waals surface area (Å²) in [7, 11) is 0. The lowest BCUT2D eigenvalue weighted by Crippen LogP contribution is -2.23. The maximum atomic E-state index is 7.13. The van der Waals surface area contributed by atoms with E-state index in [2.05, 4.69) is 4.90 Å². The van der Waals surface area contributed by atoms with E-state index < -0.39 is 0 Å². The Kier molecular flexibility index (Phi) is 1.90. The van der Waals surface area contributed by atoms with Crippen LogP contribution in [-0.4, -0.2) is 30.1 Å². The minimum atomic E-state index is 0.585. The van der Waals surface area contributed by atoms with Crippen LogP contribution in [0.25, 0.3) is 0 Å². The van der Waals surface area contributed by atoms with E-state index in [1.54, 1.807) is 0 Å². The molecule has 1 atom stereocenters. The van der Waals surface area contributed by atoms with Crippen LogP contribution in [0.1, 0.15) is 32.1 Å². The molecule has 1 saturated heterocycles. The van der Waals surface area contributed by atoms with Crippen LogP contribution in [0.5, 0.6) is 0 Å².